The standard InChI is InChI=1S/C14H17N3OS/c1-10-3-4-12(13(7-10)15-2)14(18)16-6-5-11-8-19-9-17-11/h3-4,7-9,15H,5-6H2,1-2H3,(H,16,18). The fourth-order valence-electron chi connectivity index (χ4n) is 1.82. The third-order valence-corrected chi connectivity index (χ3v) is 3.47. The third kappa shape index (κ3) is 3.54. The van der Waals surface area contributed by atoms with E-state index in [4.69, 9.17) is 0 Å². The van der Waals surface area contributed by atoms with Crippen LogP contribution in [-0.4, -0.2) is 24.5 Å². The maximum Gasteiger partial charge on any atom is 0.253 e. The van der Waals surface area contributed by atoms with Crippen LogP contribution in [0.15, 0.2) is 29.1 Å². The largest absolute Gasteiger partial charge is 0.387 e. The molecule has 0 fully saturated rings. The molecule has 0 aliphatic rings. The highest BCUT2D eigenvalue weighted by Crippen LogP contribution is 2.16. The van der Waals surface area contributed by atoms with Crippen LogP contribution in [0.5, 0.6) is 0 Å². The Morgan fingerprint density at radius 1 is 1.42 bits per heavy atom. The Hall–Kier alpha value is -1.88. The van der Waals surface area contributed by atoms with E-state index in [2.05, 4.69) is 15.6 Å². The predicted octanol–water partition coefficient (Wildman–Crippen LogP) is 2.47. The zero-order valence-electron chi connectivity index (χ0n) is 11.1. The molecule has 0 spiro atoms. The summed E-state index contributed by atoms with van der Waals surface area (Å²) in [5.74, 6) is -0.0559. The number of carbonyl (C=O) groups excluding carboxylic acids is 1. The summed E-state index contributed by atoms with van der Waals surface area (Å²) in [6.07, 6.45) is 0.760. The van der Waals surface area contributed by atoms with Crippen molar-refractivity contribution in [2.75, 3.05) is 18.9 Å². The molecule has 0 atom stereocenters. The van der Waals surface area contributed by atoms with Gasteiger partial charge < -0.3 is 10.6 Å². The second-order valence-corrected chi connectivity index (χ2v) is 5.00. The van der Waals surface area contributed by atoms with Gasteiger partial charge in [0.2, 0.25) is 0 Å². The number of benzene rings is 1. The minimum Gasteiger partial charge on any atom is -0.387 e. The summed E-state index contributed by atoms with van der Waals surface area (Å²) in [7, 11) is 1.82. The summed E-state index contributed by atoms with van der Waals surface area (Å²) < 4.78 is 0. The van der Waals surface area contributed by atoms with E-state index < -0.39 is 0 Å². The fraction of sp³-hybridized carbons (Fsp3) is 0.286. The summed E-state index contributed by atoms with van der Waals surface area (Å²) >= 11 is 1.57. The molecular weight excluding hydrogens is 258 g/mol. The van der Waals surface area contributed by atoms with E-state index in [1.807, 2.05) is 37.6 Å². The van der Waals surface area contributed by atoms with Crippen molar-refractivity contribution in [3.05, 3.63) is 45.9 Å². The molecule has 1 amide bonds. The molecule has 0 unspecified atom stereocenters. The number of aromatic nitrogens is 1. The number of rotatable bonds is 5. The van der Waals surface area contributed by atoms with Crippen LogP contribution in [0.4, 0.5) is 5.69 Å². The number of hydrogen-bond donors (Lipinski definition) is 2. The van der Waals surface area contributed by atoms with Crippen LogP contribution < -0.4 is 10.6 Å². The van der Waals surface area contributed by atoms with Crippen molar-refractivity contribution in [3.63, 3.8) is 0 Å². The minimum atomic E-state index is -0.0559. The Morgan fingerprint density at radius 2 is 2.26 bits per heavy atom. The van der Waals surface area contributed by atoms with E-state index in [0.717, 1.165) is 23.4 Å². The fourth-order valence-corrected chi connectivity index (χ4v) is 2.42. The minimum absolute atomic E-state index is 0.0559. The number of aryl methyl sites for hydroxylation is 1. The SMILES string of the molecule is CNc1cc(C)ccc1C(=O)NCCc1cscn1. The Bertz CT molecular complexity index is 552. The highest BCUT2D eigenvalue weighted by Gasteiger charge is 2.10. The van der Waals surface area contributed by atoms with Crippen LogP contribution in [0, 0.1) is 6.92 Å². The lowest BCUT2D eigenvalue weighted by Crippen LogP contribution is -2.26. The first-order valence-corrected chi connectivity index (χ1v) is 7.08. The maximum atomic E-state index is 12.1. The van der Waals surface area contributed by atoms with Crippen LogP contribution >= 0.6 is 11.3 Å². The van der Waals surface area contributed by atoms with E-state index in [-0.39, 0.29) is 5.91 Å². The molecule has 2 N–H and O–H groups in total. The van der Waals surface area contributed by atoms with Crippen molar-refractivity contribution in [1.82, 2.24) is 10.3 Å². The average molecular weight is 275 g/mol. The number of nitrogens with one attached hydrogen (secondary N) is 2. The highest BCUT2D eigenvalue weighted by atomic mass is 32.1. The molecule has 100 valence electrons. The van der Waals surface area contributed by atoms with Gasteiger partial charge in [-0.3, -0.25) is 4.79 Å². The van der Waals surface area contributed by atoms with Gasteiger partial charge in [-0.1, -0.05) is 6.07 Å². The lowest BCUT2D eigenvalue weighted by atomic mass is 10.1. The van der Waals surface area contributed by atoms with Crippen LogP contribution in [0.3, 0.4) is 0 Å². The van der Waals surface area contributed by atoms with Crippen molar-refractivity contribution < 1.29 is 4.79 Å². The lowest BCUT2D eigenvalue weighted by molar-refractivity contribution is 0.0955. The zero-order valence-corrected chi connectivity index (χ0v) is 11.9. The predicted molar refractivity (Wildman–Crippen MR) is 78.9 cm³/mol. The molecule has 1 aromatic carbocycles. The van der Waals surface area contributed by atoms with E-state index in [1.54, 1.807) is 16.8 Å². The van der Waals surface area contributed by atoms with E-state index in [1.165, 1.54) is 0 Å². The Balaban J connectivity index is 1.96. The van der Waals surface area contributed by atoms with Gasteiger partial charge in [-0.15, -0.1) is 11.3 Å². The van der Waals surface area contributed by atoms with Crippen LogP contribution in [0.25, 0.3) is 0 Å². The molecule has 0 aliphatic carbocycles. The number of anilines is 1. The van der Waals surface area contributed by atoms with Gasteiger partial charge in [-0.2, -0.15) is 0 Å². The van der Waals surface area contributed by atoms with Gasteiger partial charge in [-0.05, 0) is 24.6 Å². The Labute approximate surface area is 116 Å². The Morgan fingerprint density at radius 3 is 2.95 bits per heavy atom. The first-order chi connectivity index (χ1) is 9.20. The molecule has 0 aliphatic heterocycles. The zero-order chi connectivity index (χ0) is 13.7. The molecule has 2 rings (SSSR count). The first-order valence-electron chi connectivity index (χ1n) is 6.14. The number of hydrogen-bond acceptors (Lipinski definition) is 4. The van der Waals surface area contributed by atoms with Crippen LogP contribution in [0.2, 0.25) is 0 Å². The molecule has 5 heteroatoms. The molecule has 0 saturated carbocycles. The van der Waals surface area contributed by atoms with Crippen molar-refractivity contribution >= 4 is 22.9 Å². The van der Waals surface area contributed by atoms with Crippen LogP contribution in [0.1, 0.15) is 21.6 Å². The van der Waals surface area contributed by atoms with Gasteiger partial charge >= 0.3 is 0 Å². The summed E-state index contributed by atoms with van der Waals surface area (Å²) in [4.78, 5) is 16.3. The van der Waals surface area contributed by atoms with Gasteiger partial charge in [0.15, 0.2) is 0 Å². The summed E-state index contributed by atoms with van der Waals surface area (Å²) in [5.41, 5.74) is 5.47. The van der Waals surface area contributed by atoms with Gasteiger partial charge in [-0.25, -0.2) is 4.98 Å². The van der Waals surface area contributed by atoms with Crippen LogP contribution in [-0.2, 0) is 6.42 Å². The third-order valence-electron chi connectivity index (χ3n) is 2.84. The van der Waals surface area contributed by atoms with Crippen molar-refractivity contribution in [1.29, 1.82) is 0 Å². The van der Waals surface area contributed by atoms with Gasteiger partial charge in [0, 0.05) is 31.1 Å². The number of carbonyl (C=O) groups is 1. The lowest BCUT2D eigenvalue weighted by Gasteiger charge is -2.10. The molecular formula is C14H17N3OS. The monoisotopic (exact) mass is 275 g/mol. The molecule has 0 radical (unpaired) electrons. The van der Waals surface area contributed by atoms with E-state index in [0.29, 0.717) is 12.1 Å². The van der Waals surface area contributed by atoms with E-state index >= 15 is 0 Å². The maximum absolute atomic E-state index is 12.1. The van der Waals surface area contributed by atoms with Gasteiger partial charge in [0.1, 0.15) is 0 Å². The van der Waals surface area contributed by atoms with Gasteiger partial charge in [0.25, 0.3) is 5.91 Å². The van der Waals surface area contributed by atoms with Crippen molar-refractivity contribution in [2.24, 2.45) is 0 Å². The van der Waals surface area contributed by atoms with Gasteiger partial charge in [0.05, 0.1) is 16.8 Å². The second-order valence-electron chi connectivity index (χ2n) is 4.28. The second kappa shape index (κ2) is 6.33. The number of nitrogens with zero attached hydrogens (tertiary/aromatic N) is 1. The van der Waals surface area contributed by atoms with E-state index in [9.17, 15) is 4.79 Å². The number of amides is 1. The first kappa shape index (κ1) is 13.5. The molecule has 2 aromatic rings. The quantitative estimate of drug-likeness (QED) is 0.881. The average Bonchev–Trinajstić information content (AvgIpc) is 2.91. The summed E-state index contributed by atoms with van der Waals surface area (Å²) in [5, 5.41) is 7.96. The highest BCUT2D eigenvalue weighted by molar-refractivity contribution is 7.07. The molecule has 19 heavy (non-hydrogen) atoms. The molecule has 4 nitrogen and oxygen atoms in total. The number of thiazole rings is 1. The molecule has 0 saturated heterocycles. The Kier molecular flexibility index (Phi) is 4.52. The summed E-state index contributed by atoms with van der Waals surface area (Å²) in [6, 6.07) is 5.75. The molecule has 1 heterocycles. The van der Waals surface area contributed by atoms with Crippen molar-refractivity contribution in [2.45, 2.75) is 13.3 Å². The smallest absolute Gasteiger partial charge is 0.253 e. The molecule has 0 bridgehead atoms. The normalized spacial score (nSPS) is 10.2. The van der Waals surface area contributed by atoms with Crippen molar-refractivity contribution in [3.8, 4) is 0 Å². The molecule has 1 aromatic heterocycles. The summed E-state index contributed by atoms with van der Waals surface area (Å²) in [6.45, 7) is 2.60. The topological polar surface area (TPSA) is 54.0 Å².